The average Bonchev–Trinajstić information content (AvgIpc) is 2.87. The molecule has 1 aliphatic rings. The Hall–Kier alpha value is -1.88. The number of carbonyl (C=O) groups is 2. The second-order valence-corrected chi connectivity index (χ2v) is 6.79. The SMILES string of the molecule is CC(C)Cc1ccc(CC(=O)NC2(CC(=O)O)CCOC2)cc1. The highest BCUT2D eigenvalue weighted by Gasteiger charge is 2.38. The molecule has 0 radical (unpaired) electrons. The lowest BCUT2D eigenvalue weighted by Crippen LogP contribution is -2.51. The smallest absolute Gasteiger partial charge is 0.305 e. The van der Waals surface area contributed by atoms with Crippen molar-refractivity contribution < 1.29 is 19.4 Å². The van der Waals surface area contributed by atoms with E-state index in [2.05, 4.69) is 19.2 Å². The van der Waals surface area contributed by atoms with Crippen LogP contribution in [0.25, 0.3) is 0 Å². The summed E-state index contributed by atoms with van der Waals surface area (Å²) in [5.74, 6) is -0.482. The van der Waals surface area contributed by atoms with Crippen molar-refractivity contribution in [1.29, 1.82) is 0 Å². The molecular formula is C18H25NO4. The van der Waals surface area contributed by atoms with Gasteiger partial charge in [-0.15, -0.1) is 0 Å². The Balaban J connectivity index is 1.94. The van der Waals surface area contributed by atoms with Crippen LogP contribution in [0.1, 0.15) is 37.8 Å². The Labute approximate surface area is 137 Å². The first-order chi connectivity index (χ1) is 10.9. The summed E-state index contributed by atoms with van der Waals surface area (Å²) in [5, 5.41) is 11.9. The molecule has 1 amide bonds. The van der Waals surface area contributed by atoms with Gasteiger partial charge in [0.25, 0.3) is 0 Å². The zero-order chi connectivity index (χ0) is 16.9. The summed E-state index contributed by atoms with van der Waals surface area (Å²) in [4.78, 5) is 23.3. The summed E-state index contributed by atoms with van der Waals surface area (Å²) in [6.07, 6.45) is 1.71. The van der Waals surface area contributed by atoms with Gasteiger partial charge in [-0.05, 0) is 29.9 Å². The van der Waals surface area contributed by atoms with E-state index in [1.54, 1.807) is 0 Å². The number of carbonyl (C=O) groups excluding carboxylic acids is 1. The Kier molecular flexibility index (Phi) is 5.77. The van der Waals surface area contributed by atoms with Crippen LogP contribution in [0.15, 0.2) is 24.3 Å². The second-order valence-electron chi connectivity index (χ2n) is 6.79. The molecule has 5 nitrogen and oxygen atoms in total. The summed E-state index contributed by atoms with van der Waals surface area (Å²) in [7, 11) is 0. The number of rotatable bonds is 7. The first kappa shape index (κ1) is 17.5. The molecule has 2 N–H and O–H groups in total. The summed E-state index contributed by atoms with van der Waals surface area (Å²) < 4.78 is 5.29. The number of ether oxygens (including phenoxy) is 1. The van der Waals surface area contributed by atoms with Crippen LogP contribution >= 0.6 is 0 Å². The van der Waals surface area contributed by atoms with Gasteiger partial charge in [0.15, 0.2) is 0 Å². The van der Waals surface area contributed by atoms with Gasteiger partial charge in [-0.1, -0.05) is 38.1 Å². The average molecular weight is 319 g/mol. The normalized spacial score (nSPS) is 20.7. The third-order valence-electron chi connectivity index (χ3n) is 4.03. The van der Waals surface area contributed by atoms with Crippen LogP contribution in [-0.2, 0) is 27.2 Å². The fourth-order valence-corrected chi connectivity index (χ4v) is 2.97. The Bertz CT molecular complexity index is 545. The van der Waals surface area contributed by atoms with Gasteiger partial charge in [-0.3, -0.25) is 9.59 Å². The lowest BCUT2D eigenvalue weighted by atomic mass is 9.93. The van der Waals surface area contributed by atoms with Crippen molar-refractivity contribution in [1.82, 2.24) is 5.32 Å². The van der Waals surface area contributed by atoms with Gasteiger partial charge in [0.2, 0.25) is 5.91 Å². The highest BCUT2D eigenvalue weighted by molar-refractivity contribution is 5.80. The molecule has 1 unspecified atom stereocenters. The van der Waals surface area contributed by atoms with E-state index >= 15 is 0 Å². The van der Waals surface area contributed by atoms with E-state index in [0.717, 1.165) is 12.0 Å². The molecule has 2 rings (SSSR count). The lowest BCUT2D eigenvalue weighted by Gasteiger charge is -2.27. The molecule has 0 aromatic heterocycles. The van der Waals surface area contributed by atoms with Crippen molar-refractivity contribution in [3.05, 3.63) is 35.4 Å². The number of hydrogen-bond donors (Lipinski definition) is 2. The zero-order valence-corrected chi connectivity index (χ0v) is 13.8. The molecule has 1 fully saturated rings. The van der Waals surface area contributed by atoms with E-state index in [-0.39, 0.29) is 25.4 Å². The van der Waals surface area contributed by atoms with Crippen molar-refractivity contribution >= 4 is 11.9 Å². The molecule has 1 heterocycles. The number of carboxylic acids is 1. The third kappa shape index (κ3) is 5.36. The van der Waals surface area contributed by atoms with E-state index < -0.39 is 11.5 Å². The summed E-state index contributed by atoms with van der Waals surface area (Å²) in [6, 6.07) is 8.03. The van der Waals surface area contributed by atoms with Crippen LogP contribution < -0.4 is 5.32 Å². The van der Waals surface area contributed by atoms with Gasteiger partial charge >= 0.3 is 5.97 Å². The van der Waals surface area contributed by atoms with E-state index in [9.17, 15) is 9.59 Å². The van der Waals surface area contributed by atoms with Gasteiger partial charge in [0, 0.05) is 6.61 Å². The molecule has 1 atom stereocenters. The largest absolute Gasteiger partial charge is 0.481 e. The summed E-state index contributed by atoms with van der Waals surface area (Å²) in [5.41, 5.74) is 1.43. The van der Waals surface area contributed by atoms with Crippen LogP contribution in [0.2, 0.25) is 0 Å². The van der Waals surface area contributed by atoms with Crippen molar-refractivity contribution in [2.75, 3.05) is 13.2 Å². The van der Waals surface area contributed by atoms with Crippen LogP contribution in [0.5, 0.6) is 0 Å². The standard InChI is InChI=1S/C18H25NO4/c1-13(2)9-14-3-5-15(6-4-14)10-16(20)19-18(11-17(21)22)7-8-23-12-18/h3-6,13H,7-12H2,1-2H3,(H,19,20)(H,21,22). The van der Waals surface area contributed by atoms with Crippen molar-refractivity contribution in [2.45, 2.75) is 45.1 Å². The summed E-state index contributed by atoms with van der Waals surface area (Å²) in [6.45, 7) is 5.09. The molecule has 1 aromatic carbocycles. The topological polar surface area (TPSA) is 75.6 Å². The predicted octanol–water partition coefficient (Wildman–Crippen LogP) is 2.18. The molecule has 0 bridgehead atoms. The monoisotopic (exact) mass is 319 g/mol. The van der Waals surface area contributed by atoms with Gasteiger partial charge in [-0.25, -0.2) is 0 Å². The van der Waals surface area contributed by atoms with Gasteiger partial charge in [0.05, 0.1) is 25.0 Å². The number of benzene rings is 1. The highest BCUT2D eigenvalue weighted by Crippen LogP contribution is 2.23. The minimum absolute atomic E-state index is 0.105. The molecule has 0 aliphatic carbocycles. The fourth-order valence-electron chi connectivity index (χ4n) is 2.97. The quantitative estimate of drug-likeness (QED) is 0.808. The van der Waals surface area contributed by atoms with E-state index in [0.29, 0.717) is 18.9 Å². The lowest BCUT2D eigenvalue weighted by molar-refractivity contribution is -0.139. The molecule has 1 aromatic rings. The van der Waals surface area contributed by atoms with Crippen LogP contribution in [0.4, 0.5) is 0 Å². The second kappa shape index (κ2) is 7.59. The van der Waals surface area contributed by atoms with Crippen LogP contribution in [0.3, 0.4) is 0 Å². The molecule has 1 saturated heterocycles. The molecule has 0 spiro atoms. The van der Waals surface area contributed by atoms with Gasteiger partial charge in [-0.2, -0.15) is 0 Å². The van der Waals surface area contributed by atoms with Gasteiger partial charge in [0.1, 0.15) is 0 Å². The highest BCUT2D eigenvalue weighted by atomic mass is 16.5. The minimum atomic E-state index is -0.922. The van der Waals surface area contributed by atoms with E-state index in [1.165, 1.54) is 5.56 Å². The van der Waals surface area contributed by atoms with E-state index in [1.807, 2.05) is 24.3 Å². The third-order valence-corrected chi connectivity index (χ3v) is 4.03. The number of aliphatic carboxylic acids is 1. The van der Waals surface area contributed by atoms with Crippen LogP contribution in [-0.4, -0.2) is 35.7 Å². The molecule has 126 valence electrons. The molecular weight excluding hydrogens is 294 g/mol. The van der Waals surface area contributed by atoms with Gasteiger partial charge < -0.3 is 15.2 Å². The Morgan fingerprint density at radius 3 is 2.43 bits per heavy atom. The maximum absolute atomic E-state index is 12.3. The predicted molar refractivity (Wildman–Crippen MR) is 87.3 cm³/mol. The van der Waals surface area contributed by atoms with Crippen molar-refractivity contribution in [2.24, 2.45) is 5.92 Å². The summed E-state index contributed by atoms with van der Waals surface area (Å²) >= 11 is 0. The molecule has 1 aliphatic heterocycles. The maximum atomic E-state index is 12.3. The fraction of sp³-hybridized carbons (Fsp3) is 0.556. The maximum Gasteiger partial charge on any atom is 0.305 e. The number of carboxylic acid groups (broad SMARTS) is 1. The van der Waals surface area contributed by atoms with Crippen molar-refractivity contribution in [3.63, 3.8) is 0 Å². The minimum Gasteiger partial charge on any atom is -0.481 e. The number of hydrogen-bond acceptors (Lipinski definition) is 3. The first-order valence-electron chi connectivity index (χ1n) is 8.07. The molecule has 0 saturated carbocycles. The van der Waals surface area contributed by atoms with Crippen molar-refractivity contribution in [3.8, 4) is 0 Å². The Morgan fingerprint density at radius 1 is 1.26 bits per heavy atom. The first-order valence-corrected chi connectivity index (χ1v) is 8.07. The molecule has 5 heteroatoms. The number of nitrogens with one attached hydrogen (secondary N) is 1. The molecule has 23 heavy (non-hydrogen) atoms. The zero-order valence-electron chi connectivity index (χ0n) is 13.8. The van der Waals surface area contributed by atoms with E-state index in [4.69, 9.17) is 9.84 Å². The Morgan fingerprint density at radius 2 is 1.91 bits per heavy atom. The number of amides is 1. The van der Waals surface area contributed by atoms with Crippen LogP contribution in [0, 0.1) is 5.92 Å².